The maximum absolute atomic E-state index is 12.9. The van der Waals surface area contributed by atoms with E-state index in [9.17, 15) is 4.79 Å². The Morgan fingerprint density at radius 1 is 1.31 bits per heavy atom. The van der Waals surface area contributed by atoms with Gasteiger partial charge in [-0.25, -0.2) is 0 Å². The minimum atomic E-state index is -0.0394. The highest BCUT2D eigenvalue weighted by molar-refractivity contribution is 5.99. The molecule has 26 heavy (non-hydrogen) atoms. The summed E-state index contributed by atoms with van der Waals surface area (Å²) in [5, 5.41) is 4.68. The van der Waals surface area contributed by atoms with Crippen LogP contribution in [0.15, 0.2) is 30.5 Å². The molecule has 2 heterocycles. The highest BCUT2D eigenvalue weighted by Gasteiger charge is 2.48. The molecule has 4 nitrogen and oxygen atoms in total. The summed E-state index contributed by atoms with van der Waals surface area (Å²) < 4.78 is 0. The molecule has 6 rings (SSSR count). The number of aromatic nitrogens is 1. The molecule has 4 aliphatic rings. The molecule has 1 aliphatic heterocycles. The van der Waals surface area contributed by atoms with Gasteiger partial charge >= 0.3 is 0 Å². The van der Waals surface area contributed by atoms with Crippen molar-refractivity contribution in [2.24, 2.45) is 17.8 Å². The molecule has 4 atom stereocenters. The van der Waals surface area contributed by atoms with Crippen molar-refractivity contribution in [3.63, 3.8) is 0 Å². The average molecular weight is 347 g/mol. The number of carbonyl (C=O) groups excluding carboxylic acids is 1. The Morgan fingerprint density at radius 2 is 2.19 bits per heavy atom. The Balaban J connectivity index is 1.32. The number of benzene rings is 1. The molecule has 0 spiro atoms. The molecule has 4 heteroatoms. The summed E-state index contributed by atoms with van der Waals surface area (Å²) in [4.78, 5) is 18.7. The van der Waals surface area contributed by atoms with E-state index in [1.807, 2.05) is 0 Å². The highest BCUT2D eigenvalue weighted by Crippen LogP contribution is 2.50. The third-order valence-corrected chi connectivity index (χ3v) is 7.00. The zero-order chi connectivity index (χ0) is 17.4. The summed E-state index contributed by atoms with van der Waals surface area (Å²) in [5.74, 6) is 1.86. The highest BCUT2D eigenvalue weighted by atomic mass is 16.2. The molecule has 0 saturated heterocycles. The summed E-state index contributed by atoms with van der Waals surface area (Å²) in [7, 11) is 2.17. The lowest BCUT2D eigenvalue weighted by atomic mass is 9.80. The Labute approximate surface area is 153 Å². The SMILES string of the molecule is CN1CC(C(=O)NC2CC2C2CC2)C=C2c3cccc4[nH]cc(c34)CC21. The first-order chi connectivity index (χ1) is 12.7. The molecular weight excluding hydrogens is 322 g/mol. The summed E-state index contributed by atoms with van der Waals surface area (Å²) in [6, 6.07) is 7.31. The van der Waals surface area contributed by atoms with Gasteiger partial charge in [-0.05, 0) is 67.3 Å². The molecule has 2 fully saturated rings. The van der Waals surface area contributed by atoms with Gasteiger partial charge < -0.3 is 10.3 Å². The standard InChI is InChI=1S/C22H25N3O/c1-25-11-14(22(26)24-19-9-16(19)12-5-6-12)7-17-15-3-2-4-18-21(15)13(10-23-18)8-20(17)25/h2-4,7,10,12,14,16,19-20,23H,5-6,8-9,11H2,1H3,(H,24,26). The molecule has 1 amide bonds. The molecule has 2 saturated carbocycles. The predicted molar refractivity (Wildman–Crippen MR) is 103 cm³/mol. The number of rotatable bonds is 3. The van der Waals surface area contributed by atoms with Crippen LogP contribution in [0.1, 0.15) is 30.4 Å². The second kappa shape index (κ2) is 5.23. The van der Waals surface area contributed by atoms with Crippen LogP contribution in [0.2, 0.25) is 0 Å². The van der Waals surface area contributed by atoms with Gasteiger partial charge in [0.1, 0.15) is 0 Å². The Kier molecular flexibility index (Phi) is 3.02. The van der Waals surface area contributed by atoms with Gasteiger partial charge in [0.2, 0.25) is 5.91 Å². The third-order valence-electron chi connectivity index (χ3n) is 7.00. The number of nitrogens with zero attached hydrogens (tertiary/aromatic N) is 1. The number of likely N-dealkylation sites (N-methyl/N-ethyl adjacent to an activating group) is 1. The van der Waals surface area contributed by atoms with Crippen LogP contribution in [0.4, 0.5) is 0 Å². The van der Waals surface area contributed by atoms with Gasteiger partial charge in [0.25, 0.3) is 0 Å². The van der Waals surface area contributed by atoms with Gasteiger partial charge in [-0.2, -0.15) is 0 Å². The number of hydrogen-bond acceptors (Lipinski definition) is 2. The maximum Gasteiger partial charge on any atom is 0.228 e. The first-order valence-corrected chi connectivity index (χ1v) is 10.0. The maximum atomic E-state index is 12.9. The average Bonchev–Trinajstić information content (AvgIpc) is 3.55. The lowest BCUT2D eigenvalue weighted by Crippen LogP contribution is -2.47. The normalized spacial score (nSPS) is 32.9. The van der Waals surface area contributed by atoms with Crippen LogP contribution in [-0.4, -0.2) is 41.5 Å². The zero-order valence-electron chi connectivity index (χ0n) is 15.2. The van der Waals surface area contributed by atoms with Crippen LogP contribution in [-0.2, 0) is 11.2 Å². The van der Waals surface area contributed by atoms with Crippen LogP contribution in [0.3, 0.4) is 0 Å². The fraction of sp³-hybridized carbons (Fsp3) is 0.500. The largest absolute Gasteiger partial charge is 0.361 e. The summed E-state index contributed by atoms with van der Waals surface area (Å²) in [6.07, 6.45) is 9.39. The monoisotopic (exact) mass is 347 g/mol. The number of aromatic amines is 1. The topological polar surface area (TPSA) is 48.1 Å². The van der Waals surface area contributed by atoms with Crippen LogP contribution < -0.4 is 5.32 Å². The van der Waals surface area contributed by atoms with Crippen molar-refractivity contribution in [2.75, 3.05) is 13.6 Å². The zero-order valence-corrected chi connectivity index (χ0v) is 15.2. The molecule has 1 aromatic heterocycles. The van der Waals surface area contributed by atoms with Crippen LogP contribution >= 0.6 is 0 Å². The number of H-pyrrole nitrogens is 1. The second-order valence-corrected chi connectivity index (χ2v) is 8.78. The Bertz CT molecular complexity index is 938. The van der Waals surface area contributed by atoms with Gasteiger partial charge in [0.05, 0.1) is 5.92 Å². The molecule has 0 radical (unpaired) electrons. The first kappa shape index (κ1) is 15.0. The predicted octanol–water partition coefficient (Wildman–Crippen LogP) is 2.95. The lowest BCUT2D eigenvalue weighted by molar-refractivity contribution is -0.124. The van der Waals surface area contributed by atoms with E-state index in [0.717, 1.165) is 24.8 Å². The number of amides is 1. The molecule has 4 unspecified atom stereocenters. The summed E-state index contributed by atoms with van der Waals surface area (Å²) in [6.45, 7) is 0.816. The Morgan fingerprint density at radius 3 is 3.04 bits per heavy atom. The molecular formula is C22H25N3O. The van der Waals surface area contributed by atoms with Crippen molar-refractivity contribution >= 4 is 22.4 Å². The lowest BCUT2D eigenvalue weighted by Gasteiger charge is -2.39. The van der Waals surface area contributed by atoms with Crippen molar-refractivity contribution < 1.29 is 4.79 Å². The van der Waals surface area contributed by atoms with Crippen molar-refractivity contribution in [3.8, 4) is 0 Å². The second-order valence-electron chi connectivity index (χ2n) is 8.78. The van der Waals surface area contributed by atoms with Gasteiger partial charge in [-0.15, -0.1) is 0 Å². The van der Waals surface area contributed by atoms with E-state index in [4.69, 9.17) is 0 Å². The fourth-order valence-electron chi connectivity index (χ4n) is 5.33. The van der Waals surface area contributed by atoms with E-state index >= 15 is 0 Å². The van der Waals surface area contributed by atoms with E-state index in [1.54, 1.807) is 0 Å². The van der Waals surface area contributed by atoms with Crippen LogP contribution in [0.5, 0.6) is 0 Å². The van der Waals surface area contributed by atoms with Crippen LogP contribution in [0, 0.1) is 17.8 Å². The van der Waals surface area contributed by atoms with E-state index in [2.05, 4.69) is 52.7 Å². The van der Waals surface area contributed by atoms with Crippen molar-refractivity contribution in [1.29, 1.82) is 0 Å². The van der Waals surface area contributed by atoms with Crippen molar-refractivity contribution in [2.45, 2.75) is 37.8 Å². The van der Waals surface area contributed by atoms with E-state index in [1.165, 1.54) is 46.9 Å². The summed E-state index contributed by atoms with van der Waals surface area (Å²) >= 11 is 0. The van der Waals surface area contributed by atoms with Gasteiger partial charge in [0.15, 0.2) is 0 Å². The van der Waals surface area contributed by atoms with Gasteiger partial charge in [-0.3, -0.25) is 9.69 Å². The molecule has 0 bridgehead atoms. The quantitative estimate of drug-likeness (QED) is 0.897. The number of fused-ring (bicyclic) bond motifs is 2. The Hall–Kier alpha value is -2.07. The van der Waals surface area contributed by atoms with Gasteiger partial charge in [0, 0.05) is 35.7 Å². The minimum Gasteiger partial charge on any atom is -0.361 e. The number of carbonyl (C=O) groups is 1. The third kappa shape index (κ3) is 2.21. The molecule has 2 N–H and O–H groups in total. The molecule has 1 aromatic carbocycles. The van der Waals surface area contributed by atoms with E-state index in [-0.39, 0.29) is 11.8 Å². The molecule has 134 valence electrons. The molecule has 3 aliphatic carbocycles. The van der Waals surface area contributed by atoms with E-state index < -0.39 is 0 Å². The first-order valence-electron chi connectivity index (χ1n) is 10.0. The van der Waals surface area contributed by atoms with E-state index in [0.29, 0.717) is 12.1 Å². The smallest absolute Gasteiger partial charge is 0.228 e. The number of hydrogen-bond donors (Lipinski definition) is 2. The molecule has 2 aromatic rings. The number of nitrogens with one attached hydrogen (secondary N) is 2. The minimum absolute atomic E-state index is 0.0394. The van der Waals surface area contributed by atoms with Crippen molar-refractivity contribution in [1.82, 2.24) is 15.2 Å². The summed E-state index contributed by atoms with van der Waals surface area (Å²) in [5.41, 5.74) is 5.25. The van der Waals surface area contributed by atoms with Crippen LogP contribution in [0.25, 0.3) is 16.5 Å². The fourth-order valence-corrected chi connectivity index (χ4v) is 5.33. The van der Waals surface area contributed by atoms with Crippen molar-refractivity contribution in [3.05, 3.63) is 41.6 Å². The van der Waals surface area contributed by atoms with Gasteiger partial charge in [-0.1, -0.05) is 18.2 Å².